The monoisotopic (exact) mass is 436 g/mol. The van der Waals surface area contributed by atoms with Crippen molar-refractivity contribution in [3.8, 4) is 0 Å². The molecule has 0 spiro atoms. The van der Waals surface area contributed by atoms with Crippen LogP contribution in [0, 0.1) is 13.8 Å². The third-order valence-electron chi connectivity index (χ3n) is 5.68. The lowest BCUT2D eigenvalue weighted by Gasteiger charge is -2.41. The zero-order valence-corrected chi connectivity index (χ0v) is 19.0. The lowest BCUT2D eigenvalue weighted by atomic mass is 10.1. The number of benzene rings is 2. The molecule has 6 heteroatoms. The second-order valence-corrected chi connectivity index (χ2v) is 9.65. The highest BCUT2D eigenvalue weighted by Gasteiger charge is 2.29. The molecule has 0 N–H and O–H groups in total. The first-order valence-corrected chi connectivity index (χ1v) is 11.9. The first-order valence-electron chi connectivity index (χ1n) is 10.6. The van der Waals surface area contributed by atoms with E-state index in [1.165, 1.54) is 11.3 Å². The summed E-state index contributed by atoms with van der Waals surface area (Å²) < 4.78 is 18.4. The molecule has 31 heavy (non-hydrogen) atoms. The molecule has 1 fully saturated rings. The van der Waals surface area contributed by atoms with Crippen LogP contribution in [0.2, 0.25) is 0 Å². The van der Waals surface area contributed by atoms with Crippen molar-refractivity contribution < 1.29 is 13.4 Å². The molecule has 162 valence electrons. The molecule has 5 nitrogen and oxygen atoms in total. The third-order valence-corrected chi connectivity index (χ3v) is 7.02. The Labute approximate surface area is 186 Å². The smallest absolute Gasteiger partial charge is 0.289 e. The molecule has 1 amide bonds. The molecule has 1 aliphatic rings. The summed E-state index contributed by atoms with van der Waals surface area (Å²) in [7, 11) is -1.21. The number of furan rings is 1. The fourth-order valence-electron chi connectivity index (χ4n) is 3.96. The summed E-state index contributed by atoms with van der Waals surface area (Å²) in [5, 5.41) is 0. The van der Waals surface area contributed by atoms with E-state index in [9.17, 15) is 9.00 Å². The van der Waals surface area contributed by atoms with Crippen LogP contribution >= 0.6 is 0 Å². The minimum atomic E-state index is -1.21. The van der Waals surface area contributed by atoms with E-state index in [4.69, 9.17) is 4.42 Å². The molecule has 0 radical (unpaired) electrons. The van der Waals surface area contributed by atoms with Gasteiger partial charge in [0.25, 0.3) is 5.91 Å². The molecule has 0 aliphatic carbocycles. The van der Waals surface area contributed by atoms with Crippen molar-refractivity contribution in [3.63, 3.8) is 0 Å². The third kappa shape index (κ3) is 4.90. The van der Waals surface area contributed by atoms with Gasteiger partial charge in [0.2, 0.25) is 0 Å². The van der Waals surface area contributed by atoms with Gasteiger partial charge in [-0.1, -0.05) is 29.8 Å². The van der Waals surface area contributed by atoms with E-state index >= 15 is 0 Å². The Bertz CT molecular complexity index is 1090. The molecule has 1 aliphatic heterocycles. The van der Waals surface area contributed by atoms with Gasteiger partial charge in [0, 0.05) is 36.3 Å². The van der Waals surface area contributed by atoms with Crippen molar-refractivity contribution in [2.75, 3.05) is 24.5 Å². The highest BCUT2D eigenvalue weighted by molar-refractivity contribution is 7.84. The van der Waals surface area contributed by atoms with Crippen LogP contribution in [0.5, 0.6) is 0 Å². The number of carbonyl (C=O) groups excluding carboxylic acids is 1. The zero-order valence-electron chi connectivity index (χ0n) is 18.2. The Morgan fingerprint density at radius 2 is 1.81 bits per heavy atom. The number of carbonyl (C=O) groups is 1. The summed E-state index contributed by atoms with van der Waals surface area (Å²) in [5.41, 5.74) is 3.55. The maximum Gasteiger partial charge on any atom is 0.289 e. The van der Waals surface area contributed by atoms with Crippen LogP contribution in [-0.4, -0.2) is 40.7 Å². The van der Waals surface area contributed by atoms with E-state index in [1.54, 1.807) is 12.1 Å². The van der Waals surface area contributed by atoms with E-state index < -0.39 is 10.8 Å². The fraction of sp³-hybridized carbons (Fsp3) is 0.320. The Kier molecular flexibility index (Phi) is 6.28. The number of piperazine rings is 1. The standard InChI is InChI=1S/C25H28N2O3S/c1-18-7-10-23(11-8-18)31(29)17-22-9-12-24(30-22)25(28)26-13-14-27(20(3)16-26)21-6-4-5-19(2)15-21/h4-12,15,20H,13-14,16-17H2,1-3H3/t20-,31-/m0/s1. The minimum absolute atomic E-state index is 0.108. The number of hydrogen-bond acceptors (Lipinski definition) is 4. The summed E-state index contributed by atoms with van der Waals surface area (Å²) in [6.45, 7) is 8.29. The lowest BCUT2D eigenvalue weighted by Crippen LogP contribution is -2.53. The maximum absolute atomic E-state index is 13.0. The van der Waals surface area contributed by atoms with Crippen molar-refractivity contribution >= 4 is 22.4 Å². The minimum Gasteiger partial charge on any atom is -0.455 e. The average molecular weight is 437 g/mol. The van der Waals surface area contributed by atoms with Crippen molar-refractivity contribution in [3.05, 3.63) is 83.3 Å². The average Bonchev–Trinajstić information content (AvgIpc) is 3.22. The second-order valence-electron chi connectivity index (χ2n) is 8.20. The van der Waals surface area contributed by atoms with Gasteiger partial charge in [0.15, 0.2) is 5.76 Å². The van der Waals surface area contributed by atoms with E-state index in [-0.39, 0.29) is 17.7 Å². The lowest BCUT2D eigenvalue weighted by molar-refractivity contribution is 0.0692. The van der Waals surface area contributed by atoms with Gasteiger partial charge in [0.05, 0.1) is 16.6 Å². The van der Waals surface area contributed by atoms with Crippen molar-refractivity contribution in [2.24, 2.45) is 0 Å². The number of amides is 1. The van der Waals surface area contributed by atoms with Gasteiger partial charge >= 0.3 is 0 Å². The highest BCUT2D eigenvalue weighted by atomic mass is 32.2. The molecule has 0 bridgehead atoms. The van der Waals surface area contributed by atoms with E-state index in [1.807, 2.05) is 36.1 Å². The molecule has 3 aromatic rings. The van der Waals surface area contributed by atoms with Crippen LogP contribution in [0.3, 0.4) is 0 Å². The molecule has 2 aromatic carbocycles. The van der Waals surface area contributed by atoms with Crippen LogP contribution in [0.1, 0.15) is 34.4 Å². The Hall–Kier alpha value is -2.86. The topological polar surface area (TPSA) is 53.8 Å². The zero-order chi connectivity index (χ0) is 22.0. The van der Waals surface area contributed by atoms with Crippen LogP contribution in [0.4, 0.5) is 5.69 Å². The SMILES string of the molecule is Cc1ccc([S@@](=O)Cc2ccc(C(=O)N3CCN(c4cccc(C)c4)[C@@H](C)C3)o2)cc1. The Morgan fingerprint density at radius 3 is 2.52 bits per heavy atom. The van der Waals surface area contributed by atoms with Crippen LogP contribution in [0.25, 0.3) is 0 Å². The fourth-order valence-corrected chi connectivity index (χ4v) is 4.98. The quantitative estimate of drug-likeness (QED) is 0.589. The van der Waals surface area contributed by atoms with Gasteiger partial charge in [-0.25, -0.2) is 0 Å². The van der Waals surface area contributed by atoms with E-state index in [0.717, 1.165) is 17.0 Å². The van der Waals surface area contributed by atoms with Gasteiger partial charge in [-0.3, -0.25) is 9.00 Å². The molecule has 1 saturated heterocycles. The van der Waals surface area contributed by atoms with Crippen molar-refractivity contribution in [1.29, 1.82) is 0 Å². The first-order chi connectivity index (χ1) is 14.9. The first kappa shape index (κ1) is 21.4. The second kappa shape index (κ2) is 9.10. The number of aryl methyl sites for hydroxylation is 2. The van der Waals surface area contributed by atoms with Gasteiger partial charge in [0.1, 0.15) is 5.76 Å². The van der Waals surface area contributed by atoms with E-state index in [0.29, 0.717) is 24.6 Å². The normalized spacial score (nSPS) is 17.6. The van der Waals surface area contributed by atoms with Crippen LogP contribution < -0.4 is 4.90 Å². The van der Waals surface area contributed by atoms with Gasteiger partial charge < -0.3 is 14.2 Å². The van der Waals surface area contributed by atoms with Crippen LogP contribution in [0.15, 0.2) is 70.0 Å². The van der Waals surface area contributed by atoms with Crippen LogP contribution in [-0.2, 0) is 16.6 Å². The molecule has 2 heterocycles. The molecule has 0 saturated carbocycles. The number of nitrogens with zero attached hydrogens (tertiary/aromatic N) is 2. The molecule has 2 atom stereocenters. The van der Waals surface area contributed by atoms with Crippen molar-refractivity contribution in [2.45, 2.75) is 37.5 Å². The molecule has 4 rings (SSSR count). The molecular weight excluding hydrogens is 408 g/mol. The Morgan fingerprint density at radius 1 is 1.03 bits per heavy atom. The Balaban J connectivity index is 1.39. The predicted octanol–water partition coefficient (Wildman–Crippen LogP) is 4.56. The summed E-state index contributed by atoms with van der Waals surface area (Å²) in [4.78, 5) is 17.9. The van der Waals surface area contributed by atoms with Crippen molar-refractivity contribution in [1.82, 2.24) is 4.90 Å². The summed E-state index contributed by atoms with van der Waals surface area (Å²) in [6.07, 6.45) is 0. The maximum atomic E-state index is 13.0. The largest absolute Gasteiger partial charge is 0.455 e. The molecule has 0 unspecified atom stereocenters. The summed E-state index contributed by atoms with van der Waals surface area (Å²) >= 11 is 0. The predicted molar refractivity (Wildman–Crippen MR) is 124 cm³/mol. The van der Waals surface area contributed by atoms with E-state index in [2.05, 4.69) is 43.0 Å². The summed E-state index contributed by atoms with van der Waals surface area (Å²) in [6, 6.07) is 19.8. The van der Waals surface area contributed by atoms with Gasteiger partial charge in [-0.05, 0) is 62.7 Å². The number of rotatable bonds is 5. The summed E-state index contributed by atoms with van der Waals surface area (Å²) in [5.74, 6) is 1.03. The number of anilines is 1. The van der Waals surface area contributed by atoms with Gasteiger partial charge in [-0.15, -0.1) is 0 Å². The molecule has 1 aromatic heterocycles. The van der Waals surface area contributed by atoms with Gasteiger partial charge in [-0.2, -0.15) is 0 Å². The molecular formula is C25H28N2O3S. The highest BCUT2D eigenvalue weighted by Crippen LogP contribution is 2.23. The number of hydrogen-bond donors (Lipinski definition) is 0.